The van der Waals surface area contributed by atoms with Crippen LogP contribution in [0.25, 0.3) is 0 Å². The average molecular weight is 195 g/mol. The minimum Gasteiger partial charge on any atom is -0.493 e. The van der Waals surface area contributed by atoms with Crippen molar-refractivity contribution >= 4 is 0 Å². The number of nitrogens with one attached hydrogen (secondary N) is 1. The van der Waals surface area contributed by atoms with Gasteiger partial charge in [-0.05, 0) is 19.4 Å². The molecule has 78 valence electrons. The Hall–Kier alpha value is -1.25. The van der Waals surface area contributed by atoms with E-state index < -0.39 is 0 Å². The minimum atomic E-state index is -0.0713. The molecule has 0 aliphatic carbocycles. The molecule has 0 aromatic carbocycles. The summed E-state index contributed by atoms with van der Waals surface area (Å²) < 4.78 is 5.50. The molecule has 1 N–H and O–H groups in total. The van der Waals surface area contributed by atoms with Crippen molar-refractivity contribution in [3.8, 4) is 5.75 Å². The number of pyridine rings is 1. The van der Waals surface area contributed by atoms with Gasteiger partial charge in [-0.1, -0.05) is 19.8 Å². The summed E-state index contributed by atoms with van der Waals surface area (Å²) in [4.78, 5) is 13.8. The van der Waals surface area contributed by atoms with Gasteiger partial charge in [-0.25, -0.2) is 0 Å². The van der Waals surface area contributed by atoms with E-state index in [1.165, 1.54) is 12.8 Å². The van der Waals surface area contributed by atoms with E-state index in [-0.39, 0.29) is 5.56 Å². The fourth-order valence-corrected chi connectivity index (χ4v) is 1.23. The van der Waals surface area contributed by atoms with Crippen molar-refractivity contribution in [2.45, 2.75) is 33.1 Å². The maximum atomic E-state index is 11.2. The third-order valence-corrected chi connectivity index (χ3v) is 2.16. The molecule has 0 aliphatic heterocycles. The molecular formula is C11H17NO2. The highest BCUT2D eigenvalue weighted by atomic mass is 16.5. The predicted molar refractivity (Wildman–Crippen MR) is 56.8 cm³/mol. The highest BCUT2D eigenvalue weighted by Crippen LogP contribution is 2.12. The number of aromatic amines is 1. The molecule has 0 saturated carbocycles. The van der Waals surface area contributed by atoms with Crippen LogP contribution >= 0.6 is 0 Å². The number of rotatable bonds is 5. The van der Waals surface area contributed by atoms with Crippen molar-refractivity contribution < 1.29 is 4.74 Å². The van der Waals surface area contributed by atoms with Crippen molar-refractivity contribution in [1.82, 2.24) is 4.98 Å². The average Bonchev–Trinajstić information content (AvgIpc) is 2.19. The van der Waals surface area contributed by atoms with Crippen molar-refractivity contribution in [3.63, 3.8) is 0 Å². The van der Waals surface area contributed by atoms with Crippen molar-refractivity contribution in [2.24, 2.45) is 0 Å². The van der Waals surface area contributed by atoms with Gasteiger partial charge in [0.05, 0.1) is 12.2 Å². The van der Waals surface area contributed by atoms with E-state index in [1.807, 2.05) is 0 Å². The predicted octanol–water partition coefficient (Wildman–Crippen LogP) is 2.25. The largest absolute Gasteiger partial charge is 0.493 e. The summed E-state index contributed by atoms with van der Waals surface area (Å²) in [7, 11) is 0. The van der Waals surface area contributed by atoms with E-state index in [1.54, 1.807) is 19.2 Å². The van der Waals surface area contributed by atoms with E-state index in [4.69, 9.17) is 4.74 Å². The Kier molecular flexibility index (Phi) is 4.23. The van der Waals surface area contributed by atoms with Gasteiger partial charge in [-0.3, -0.25) is 4.79 Å². The van der Waals surface area contributed by atoms with E-state index in [9.17, 15) is 4.79 Å². The molecule has 0 fully saturated rings. The summed E-state index contributed by atoms with van der Waals surface area (Å²) in [5.41, 5.74) is 0.585. The van der Waals surface area contributed by atoms with Crippen LogP contribution in [0, 0.1) is 6.92 Å². The summed E-state index contributed by atoms with van der Waals surface area (Å²) in [6.07, 6.45) is 5.01. The fourth-order valence-electron chi connectivity index (χ4n) is 1.23. The first-order valence-electron chi connectivity index (χ1n) is 5.06. The highest BCUT2D eigenvalue weighted by molar-refractivity contribution is 5.28. The number of hydrogen-bond donors (Lipinski definition) is 1. The van der Waals surface area contributed by atoms with Crippen LogP contribution in [0.2, 0.25) is 0 Å². The topological polar surface area (TPSA) is 42.1 Å². The van der Waals surface area contributed by atoms with Crippen molar-refractivity contribution in [2.75, 3.05) is 6.61 Å². The first kappa shape index (κ1) is 10.8. The molecule has 1 aromatic heterocycles. The molecule has 0 atom stereocenters. The SMILES string of the molecule is CCCCCOc1cc[nH]c(=O)c1C. The van der Waals surface area contributed by atoms with Gasteiger partial charge in [-0.2, -0.15) is 0 Å². The molecule has 0 radical (unpaired) electrons. The van der Waals surface area contributed by atoms with Crippen LogP contribution < -0.4 is 10.3 Å². The standard InChI is InChI=1S/C11H17NO2/c1-3-4-5-8-14-10-6-7-12-11(13)9(10)2/h6-7H,3-5,8H2,1-2H3,(H,12,13). The zero-order valence-electron chi connectivity index (χ0n) is 8.80. The third kappa shape index (κ3) is 2.91. The van der Waals surface area contributed by atoms with Crippen LogP contribution in [0.4, 0.5) is 0 Å². The quantitative estimate of drug-likeness (QED) is 0.732. The zero-order chi connectivity index (χ0) is 10.4. The van der Waals surface area contributed by atoms with Gasteiger partial charge in [0.2, 0.25) is 0 Å². The second-order valence-corrected chi connectivity index (χ2v) is 3.35. The molecule has 1 heterocycles. The van der Waals surface area contributed by atoms with Gasteiger partial charge in [-0.15, -0.1) is 0 Å². The number of hydrogen-bond acceptors (Lipinski definition) is 2. The van der Waals surface area contributed by atoms with E-state index in [0.717, 1.165) is 6.42 Å². The van der Waals surface area contributed by atoms with Crippen molar-refractivity contribution in [3.05, 3.63) is 28.2 Å². The third-order valence-electron chi connectivity index (χ3n) is 2.16. The summed E-state index contributed by atoms with van der Waals surface area (Å²) in [5.74, 6) is 0.699. The lowest BCUT2D eigenvalue weighted by molar-refractivity contribution is 0.303. The first-order valence-corrected chi connectivity index (χ1v) is 5.06. The molecular weight excluding hydrogens is 178 g/mol. The zero-order valence-corrected chi connectivity index (χ0v) is 8.80. The lowest BCUT2D eigenvalue weighted by Gasteiger charge is -2.07. The maximum Gasteiger partial charge on any atom is 0.254 e. The molecule has 0 aliphatic rings. The van der Waals surface area contributed by atoms with Crippen LogP contribution in [-0.2, 0) is 0 Å². The van der Waals surface area contributed by atoms with Crippen LogP contribution in [0.1, 0.15) is 31.7 Å². The van der Waals surface area contributed by atoms with Gasteiger partial charge in [0.25, 0.3) is 5.56 Å². The molecule has 0 saturated heterocycles. The molecule has 0 unspecified atom stereocenters. The summed E-state index contributed by atoms with van der Waals surface area (Å²) in [6, 6.07) is 1.79. The number of unbranched alkanes of at least 4 members (excludes halogenated alkanes) is 2. The van der Waals surface area contributed by atoms with Crippen molar-refractivity contribution in [1.29, 1.82) is 0 Å². The molecule has 0 amide bonds. The van der Waals surface area contributed by atoms with Gasteiger partial charge in [0, 0.05) is 6.20 Å². The summed E-state index contributed by atoms with van der Waals surface area (Å²) in [6.45, 7) is 4.62. The van der Waals surface area contributed by atoms with Crippen LogP contribution in [0.3, 0.4) is 0 Å². The maximum absolute atomic E-state index is 11.2. The van der Waals surface area contributed by atoms with Gasteiger partial charge < -0.3 is 9.72 Å². The molecule has 0 bridgehead atoms. The molecule has 1 rings (SSSR count). The Morgan fingerprint density at radius 2 is 2.21 bits per heavy atom. The van der Waals surface area contributed by atoms with Gasteiger partial charge in [0.1, 0.15) is 5.75 Å². The second-order valence-electron chi connectivity index (χ2n) is 3.35. The van der Waals surface area contributed by atoms with Crippen LogP contribution in [0.5, 0.6) is 5.75 Å². The monoisotopic (exact) mass is 195 g/mol. The van der Waals surface area contributed by atoms with E-state index in [2.05, 4.69) is 11.9 Å². The van der Waals surface area contributed by atoms with E-state index >= 15 is 0 Å². The first-order chi connectivity index (χ1) is 6.75. The second kappa shape index (κ2) is 5.47. The minimum absolute atomic E-state index is 0.0713. The number of ether oxygens (including phenoxy) is 1. The Balaban J connectivity index is 2.51. The molecule has 3 heteroatoms. The lowest BCUT2D eigenvalue weighted by atomic mass is 10.2. The Labute approximate surface area is 84.1 Å². The Morgan fingerprint density at radius 1 is 1.43 bits per heavy atom. The molecule has 0 spiro atoms. The Bertz CT molecular complexity index is 330. The summed E-state index contributed by atoms with van der Waals surface area (Å²) in [5, 5.41) is 0. The van der Waals surface area contributed by atoms with Gasteiger partial charge >= 0.3 is 0 Å². The molecule has 14 heavy (non-hydrogen) atoms. The van der Waals surface area contributed by atoms with Crippen LogP contribution in [-0.4, -0.2) is 11.6 Å². The Morgan fingerprint density at radius 3 is 2.93 bits per heavy atom. The van der Waals surface area contributed by atoms with Gasteiger partial charge in [0.15, 0.2) is 0 Å². The number of H-pyrrole nitrogens is 1. The lowest BCUT2D eigenvalue weighted by Crippen LogP contribution is -2.10. The van der Waals surface area contributed by atoms with Crippen LogP contribution in [0.15, 0.2) is 17.1 Å². The smallest absolute Gasteiger partial charge is 0.254 e. The number of aromatic nitrogens is 1. The molecule has 3 nitrogen and oxygen atoms in total. The molecule has 1 aromatic rings. The van der Waals surface area contributed by atoms with E-state index in [0.29, 0.717) is 17.9 Å². The highest BCUT2D eigenvalue weighted by Gasteiger charge is 2.01. The normalized spacial score (nSPS) is 10.1. The summed E-state index contributed by atoms with van der Waals surface area (Å²) >= 11 is 0. The fraction of sp³-hybridized carbons (Fsp3) is 0.545.